The minimum absolute atomic E-state index is 0.201. The Bertz CT molecular complexity index is 1420. The molecule has 7 nitrogen and oxygen atoms in total. The molecular formula is C30H31N5O2. The van der Waals surface area contributed by atoms with E-state index in [0.29, 0.717) is 41.9 Å². The van der Waals surface area contributed by atoms with Crippen LogP contribution >= 0.6 is 0 Å². The van der Waals surface area contributed by atoms with Gasteiger partial charge in [-0.2, -0.15) is 10.4 Å². The molecule has 0 amide bonds. The minimum Gasteiger partial charge on any atom is -0.490 e. The number of nitriles is 1. The van der Waals surface area contributed by atoms with Crippen molar-refractivity contribution in [2.24, 2.45) is 5.92 Å². The zero-order valence-corrected chi connectivity index (χ0v) is 21.3. The van der Waals surface area contributed by atoms with E-state index in [0.717, 1.165) is 42.4 Å². The Balaban J connectivity index is 1.48. The van der Waals surface area contributed by atoms with Gasteiger partial charge in [-0.05, 0) is 48.6 Å². The maximum absolute atomic E-state index is 12.5. The van der Waals surface area contributed by atoms with E-state index >= 15 is 0 Å². The second-order valence-electron chi connectivity index (χ2n) is 9.10. The second kappa shape index (κ2) is 12.6. The van der Waals surface area contributed by atoms with E-state index in [1.165, 1.54) is 10.7 Å². The highest BCUT2D eigenvalue weighted by Gasteiger charge is 2.10. The average molecular weight is 494 g/mol. The van der Waals surface area contributed by atoms with Crippen LogP contribution in [0, 0.1) is 17.2 Å². The van der Waals surface area contributed by atoms with Crippen LogP contribution in [-0.2, 0) is 6.54 Å². The van der Waals surface area contributed by atoms with E-state index < -0.39 is 0 Å². The summed E-state index contributed by atoms with van der Waals surface area (Å²) in [6.45, 7) is 5.39. The maximum Gasteiger partial charge on any atom is 0.267 e. The third-order valence-corrected chi connectivity index (χ3v) is 6.18. The summed E-state index contributed by atoms with van der Waals surface area (Å²) < 4.78 is 7.38. The lowest BCUT2D eigenvalue weighted by Crippen LogP contribution is -2.22. The molecule has 0 spiro atoms. The molecule has 188 valence electrons. The van der Waals surface area contributed by atoms with Crippen molar-refractivity contribution in [3.63, 3.8) is 0 Å². The summed E-state index contributed by atoms with van der Waals surface area (Å²) in [5.41, 5.74) is 3.52. The molecule has 0 radical (unpaired) electrons. The van der Waals surface area contributed by atoms with Crippen molar-refractivity contribution in [3.05, 3.63) is 94.5 Å². The summed E-state index contributed by atoms with van der Waals surface area (Å²) in [6.07, 6.45) is 8.06. The normalized spacial score (nSPS) is 10.9. The Labute approximate surface area is 217 Å². The predicted molar refractivity (Wildman–Crippen MR) is 144 cm³/mol. The van der Waals surface area contributed by atoms with E-state index in [4.69, 9.17) is 4.74 Å². The van der Waals surface area contributed by atoms with Crippen LogP contribution < -0.4 is 10.3 Å². The maximum atomic E-state index is 12.5. The molecule has 2 aromatic carbocycles. The number of hydrogen-bond donors (Lipinski definition) is 0. The second-order valence-corrected chi connectivity index (χ2v) is 9.10. The van der Waals surface area contributed by atoms with Crippen LogP contribution in [0.25, 0.3) is 22.6 Å². The van der Waals surface area contributed by atoms with Crippen molar-refractivity contribution in [1.29, 1.82) is 5.26 Å². The lowest BCUT2D eigenvalue weighted by atomic mass is 9.99. The van der Waals surface area contributed by atoms with Crippen molar-refractivity contribution < 1.29 is 4.74 Å². The number of ether oxygens (including phenoxy) is 1. The van der Waals surface area contributed by atoms with Gasteiger partial charge in [0.2, 0.25) is 0 Å². The first-order chi connectivity index (χ1) is 18.1. The first-order valence-electron chi connectivity index (χ1n) is 12.7. The van der Waals surface area contributed by atoms with Crippen molar-refractivity contribution in [1.82, 2.24) is 19.7 Å². The Morgan fingerprint density at radius 3 is 2.41 bits per heavy atom. The first kappa shape index (κ1) is 25.8. The molecule has 0 unspecified atom stereocenters. The third-order valence-electron chi connectivity index (χ3n) is 6.18. The lowest BCUT2D eigenvalue weighted by molar-refractivity contribution is 0.228. The van der Waals surface area contributed by atoms with Crippen LogP contribution in [0.3, 0.4) is 0 Å². The Hall–Kier alpha value is -4.31. The molecule has 4 aromatic rings. The summed E-state index contributed by atoms with van der Waals surface area (Å²) in [5.74, 6) is 1.82. The van der Waals surface area contributed by atoms with Gasteiger partial charge < -0.3 is 4.74 Å². The molecular weight excluding hydrogens is 462 g/mol. The zero-order valence-electron chi connectivity index (χ0n) is 21.3. The fourth-order valence-electron chi connectivity index (χ4n) is 4.33. The van der Waals surface area contributed by atoms with Gasteiger partial charge in [0.25, 0.3) is 5.56 Å². The first-order valence-corrected chi connectivity index (χ1v) is 12.7. The Morgan fingerprint density at radius 2 is 1.68 bits per heavy atom. The number of rotatable bonds is 11. The molecule has 0 aliphatic carbocycles. The van der Waals surface area contributed by atoms with Crippen molar-refractivity contribution >= 4 is 0 Å². The monoisotopic (exact) mass is 493 g/mol. The largest absolute Gasteiger partial charge is 0.490 e. The molecule has 0 atom stereocenters. The average Bonchev–Trinajstić information content (AvgIpc) is 2.93. The fraction of sp³-hybridized carbons (Fsp3) is 0.300. The molecule has 7 heteroatoms. The zero-order chi connectivity index (χ0) is 26.0. The smallest absolute Gasteiger partial charge is 0.267 e. The van der Waals surface area contributed by atoms with Gasteiger partial charge in [-0.3, -0.25) is 4.79 Å². The molecule has 0 N–H and O–H groups in total. The molecule has 0 bridgehead atoms. The third kappa shape index (κ3) is 6.89. The Kier molecular flexibility index (Phi) is 8.77. The number of hydrogen-bond acceptors (Lipinski definition) is 6. The van der Waals surface area contributed by atoms with Crippen LogP contribution in [0.5, 0.6) is 5.75 Å². The molecule has 0 aliphatic heterocycles. The summed E-state index contributed by atoms with van der Waals surface area (Å²) in [6, 6.07) is 20.3. The molecule has 2 aromatic heterocycles. The molecule has 37 heavy (non-hydrogen) atoms. The highest BCUT2D eigenvalue weighted by atomic mass is 16.5. The lowest BCUT2D eigenvalue weighted by Gasteiger charge is -2.16. The van der Waals surface area contributed by atoms with Gasteiger partial charge in [0, 0.05) is 17.2 Å². The minimum atomic E-state index is -0.201. The topological polar surface area (TPSA) is 93.7 Å². The van der Waals surface area contributed by atoms with Gasteiger partial charge in [0.1, 0.15) is 0 Å². The molecule has 0 saturated heterocycles. The van der Waals surface area contributed by atoms with E-state index in [2.05, 4.69) is 35.0 Å². The van der Waals surface area contributed by atoms with Crippen LogP contribution in [0.2, 0.25) is 0 Å². The van der Waals surface area contributed by atoms with Gasteiger partial charge in [-0.25, -0.2) is 14.6 Å². The van der Waals surface area contributed by atoms with Gasteiger partial charge >= 0.3 is 0 Å². The molecule has 4 rings (SSSR count). The number of nitrogens with zero attached hydrogens (tertiary/aromatic N) is 5. The van der Waals surface area contributed by atoms with Crippen molar-refractivity contribution in [3.8, 4) is 34.5 Å². The van der Waals surface area contributed by atoms with Crippen molar-refractivity contribution in [2.75, 3.05) is 6.61 Å². The summed E-state index contributed by atoms with van der Waals surface area (Å²) in [7, 11) is 0. The quantitative estimate of drug-likeness (QED) is 0.259. The van der Waals surface area contributed by atoms with E-state index in [1.807, 2.05) is 30.3 Å². The van der Waals surface area contributed by atoms with Gasteiger partial charge in [0.15, 0.2) is 11.6 Å². The highest BCUT2D eigenvalue weighted by molar-refractivity contribution is 5.60. The van der Waals surface area contributed by atoms with Gasteiger partial charge in [-0.15, -0.1) is 0 Å². The summed E-state index contributed by atoms with van der Waals surface area (Å²) in [5, 5.41) is 13.7. The SMILES string of the molecule is CCCC(CCC)COc1cnc(-c2cccc(Cn3nc(-c4cccc(C#N)c4)ccc3=O)c2)nc1. The van der Waals surface area contributed by atoms with Crippen molar-refractivity contribution in [2.45, 2.75) is 46.1 Å². The predicted octanol–water partition coefficient (Wildman–Crippen LogP) is 5.88. The van der Waals surface area contributed by atoms with Crippen LogP contribution in [0.4, 0.5) is 0 Å². The van der Waals surface area contributed by atoms with Gasteiger partial charge in [-0.1, -0.05) is 57.0 Å². The number of benzene rings is 2. The highest BCUT2D eigenvalue weighted by Crippen LogP contribution is 2.21. The van der Waals surface area contributed by atoms with E-state index in [1.54, 1.807) is 36.7 Å². The van der Waals surface area contributed by atoms with Crippen LogP contribution in [-0.4, -0.2) is 26.4 Å². The molecule has 0 saturated carbocycles. The summed E-state index contributed by atoms with van der Waals surface area (Å²) >= 11 is 0. The van der Waals surface area contributed by atoms with Crippen LogP contribution in [0.15, 0.2) is 77.9 Å². The summed E-state index contributed by atoms with van der Waals surface area (Å²) in [4.78, 5) is 21.5. The molecule has 2 heterocycles. The van der Waals surface area contributed by atoms with Gasteiger partial charge in [0.05, 0.1) is 42.9 Å². The Morgan fingerprint density at radius 1 is 0.946 bits per heavy atom. The van der Waals surface area contributed by atoms with E-state index in [-0.39, 0.29) is 5.56 Å². The number of aromatic nitrogens is 4. The molecule has 0 fully saturated rings. The van der Waals surface area contributed by atoms with Crippen LogP contribution in [0.1, 0.15) is 50.7 Å². The standard InChI is InChI=1S/C30H31N5O2/c1-3-7-22(8-4-2)21-37-27-18-32-30(33-19-27)26-12-6-10-24(16-26)20-35-29(36)14-13-28(34-35)25-11-5-9-23(15-25)17-31/h5-6,9-16,18-19,22H,3-4,7-8,20-21H2,1-2H3. The fourth-order valence-corrected chi connectivity index (χ4v) is 4.33. The van der Waals surface area contributed by atoms with E-state index in [9.17, 15) is 10.1 Å². The molecule has 0 aliphatic rings.